The number of nitrogens with one attached hydrogen (secondary N) is 2. The standard InChI is InChI=1S/C32H28ClN3O5.ClH/c33-24-9-10-27(28(37)19-24)36-32(39)26-16-21-6-2-4-8-23(21)18-30(26)41-14-12-35-31(38)25-15-20-5-1-3-7-22(20)17-29(25)40-13-11-34;/h1-10,15-19,37H,11-14,34H2,(H,35,38)(H,36,39);1H. The first-order chi connectivity index (χ1) is 19.9. The number of phenols is 1. The number of phenolic OH excluding ortho intramolecular Hbond substituents is 1. The Morgan fingerprint density at radius 1 is 0.738 bits per heavy atom. The molecule has 0 heterocycles. The van der Waals surface area contributed by atoms with Gasteiger partial charge in [0.2, 0.25) is 0 Å². The third kappa shape index (κ3) is 7.03. The van der Waals surface area contributed by atoms with Crippen LogP contribution >= 0.6 is 24.0 Å². The molecule has 0 aliphatic heterocycles. The molecule has 0 spiro atoms. The van der Waals surface area contributed by atoms with E-state index in [4.69, 9.17) is 26.8 Å². The number of carbonyl (C=O) groups is 2. The Bertz CT molecular complexity index is 1750. The van der Waals surface area contributed by atoms with Gasteiger partial charge < -0.3 is 30.9 Å². The lowest BCUT2D eigenvalue weighted by Crippen LogP contribution is -2.29. The van der Waals surface area contributed by atoms with Gasteiger partial charge >= 0.3 is 0 Å². The van der Waals surface area contributed by atoms with Gasteiger partial charge in [-0.1, -0.05) is 60.1 Å². The summed E-state index contributed by atoms with van der Waals surface area (Å²) in [6, 6.07) is 26.8. The number of anilines is 1. The number of nitrogens with two attached hydrogens (primary N) is 1. The molecule has 0 saturated heterocycles. The summed E-state index contributed by atoms with van der Waals surface area (Å²) in [5.41, 5.74) is 6.49. The van der Waals surface area contributed by atoms with E-state index in [9.17, 15) is 14.7 Å². The maximum atomic E-state index is 13.2. The van der Waals surface area contributed by atoms with Gasteiger partial charge in [-0.2, -0.15) is 0 Å². The van der Waals surface area contributed by atoms with E-state index in [1.807, 2.05) is 54.6 Å². The summed E-state index contributed by atoms with van der Waals surface area (Å²) in [5.74, 6) is -0.153. The molecule has 8 nitrogen and oxygen atoms in total. The number of carbonyl (C=O) groups excluding carboxylic acids is 2. The number of ether oxygens (including phenoxy) is 2. The Morgan fingerprint density at radius 2 is 1.26 bits per heavy atom. The normalized spacial score (nSPS) is 10.6. The second-order valence-electron chi connectivity index (χ2n) is 9.25. The quantitative estimate of drug-likeness (QED) is 0.111. The van der Waals surface area contributed by atoms with Gasteiger partial charge in [-0.15, -0.1) is 12.4 Å². The van der Waals surface area contributed by atoms with E-state index in [0.717, 1.165) is 21.5 Å². The fraction of sp³-hybridized carbons (Fsp3) is 0.125. The third-order valence-electron chi connectivity index (χ3n) is 6.41. The monoisotopic (exact) mass is 605 g/mol. The highest BCUT2D eigenvalue weighted by Crippen LogP contribution is 2.31. The second-order valence-corrected chi connectivity index (χ2v) is 9.68. The van der Waals surface area contributed by atoms with E-state index < -0.39 is 5.91 Å². The summed E-state index contributed by atoms with van der Waals surface area (Å²) in [6.45, 7) is 0.875. The number of benzene rings is 5. The molecule has 216 valence electrons. The van der Waals surface area contributed by atoms with Crippen molar-refractivity contribution >= 4 is 63.1 Å². The number of aromatic hydroxyl groups is 1. The zero-order chi connectivity index (χ0) is 28.8. The molecule has 42 heavy (non-hydrogen) atoms. The molecule has 0 fully saturated rings. The van der Waals surface area contributed by atoms with Crippen LogP contribution in [0, 0.1) is 0 Å². The van der Waals surface area contributed by atoms with E-state index in [0.29, 0.717) is 28.6 Å². The van der Waals surface area contributed by atoms with Gasteiger partial charge in [-0.3, -0.25) is 9.59 Å². The lowest BCUT2D eigenvalue weighted by molar-refractivity contribution is 0.0940. The van der Waals surface area contributed by atoms with Crippen LogP contribution < -0.4 is 25.8 Å². The van der Waals surface area contributed by atoms with Crippen molar-refractivity contribution in [1.82, 2.24) is 5.32 Å². The van der Waals surface area contributed by atoms with Crippen LogP contribution in [0.15, 0.2) is 91.0 Å². The summed E-state index contributed by atoms with van der Waals surface area (Å²) >= 11 is 5.92. The maximum absolute atomic E-state index is 13.2. The van der Waals surface area contributed by atoms with Gasteiger partial charge in [0.05, 0.1) is 23.4 Å². The molecule has 5 aromatic rings. The van der Waals surface area contributed by atoms with E-state index in [1.165, 1.54) is 12.1 Å². The molecule has 2 amide bonds. The highest BCUT2D eigenvalue weighted by Gasteiger charge is 2.18. The van der Waals surface area contributed by atoms with Crippen LogP contribution in [0.5, 0.6) is 17.2 Å². The molecule has 0 radical (unpaired) electrons. The molecular formula is C32H29Cl2N3O5. The van der Waals surface area contributed by atoms with Crippen molar-refractivity contribution in [3.63, 3.8) is 0 Å². The van der Waals surface area contributed by atoms with Crippen LogP contribution in [0.25, 0.3) is 21.5 Å². The van der Waals surface area contributed by atoms with Gasteiger partial charge in [0.15, 0.2) is 0 Å². The van der Waals surface area contributed by atoms with Gasteiger partial charge in [-0.25, -0.2) is 0 Å². The Balaban J connectivity index is 0.00000405. The van der Waals surface area contributed by atoms with Crippen LogP contribution in [-0.4, -0.2) is 43.2 Å². The van der Waals surface area contributed by atoms with Crippen molar-refractivity contribution in [2.45, 2.75) is 0 Å². The Kier molecular flexibility index (Phi) is 10.1. The maximum Gasteiger partial charge on any atom is 0.259 e. The fourth-order valence-corrected chi connectivity index (χ4v) is 4.59. The lowest BCUT2D eigenvalue weighted by Gasteiger charge is -2.15. The topological polar surface area (TPSA) is 123 Å². The molecule has 0 aromatic heterocycles. The highest BCUT2D eigenvalue weighted by atomic mass is 35.5. The van der Waals surface area contributed by atoms with Crippen LogP contribution in [0.1, 0.15) is 20.7 Å². The molecule has 0 unspecified atom stereocenters. The van der Waals surface area contributed by atoms with E-state index in [1.54, 1.807) is 24.3 Å². The molecule has 0 aliphatic rings. The van der Waals surface area contributed by atoms with Gasteiger partial charge in [-0.05, 0) is 57.9 Å². The average Bonchev–Trinajstić information content (AvgIpc) is 2.98. The van der Waals surface area contributed by atoms with Crippen LogP contribution in [0.4, 0.5) is 5.69 Å². The number of hydrogen-bond donors (Lipinski definition) is 4. The molecule has 0 aliphatic carbocycles. The first-order valence-electron chi connectivity index (χ1n) is 13.0. The zero-order valence-electron chi connectivity index (χ0n) is 22.4. The van der Waals surface area contributed by atoms with Gasteiger partial charge in [0.1, 0.15) is 30.5 Å². The first kappa shape index (κ1) is 30.5. The van der Waals surface area contributed by atoms with Crippen molar-refractivity contribution in [2.24, 2.45) is 5.73 Å². The Labute approximate surface area is 253 Å². The minimum Gasteiger partial charge on any atom is -0.506 e. The van der Waals surface area contributed by atoms with Crippen molar-refractivity contribution in [3.8, 4) is 17.2 Å². The average molecular weight is 607 g/mol. The lowest BCUT2D eigenvalue weighted by atomic mass is 10.0. The zero-order valence-corrected chi connectivity index (χ0v) is 24.0. The molecular weight excluding hydrogens is 577 g/mol. The van der Waals surface area contributed by atoms with E-state index >= 15 is 0 Å². The van der Waals surface area contributed by atoms with E-state index in [2.05, 4.69) is 10.6 Å². The minimum atomic E-state index is -0.467. The predicted molar refractivity (Wildman–Crippen MR) is 169 cm³/mol. The molecule has 5 rings (SSSR count). The summed E-state index contributed by atoms with van der Waals surface area (Å²) < 4.78 is 11.7. The largest absolute Gasteiger partial charge is 0.506 e. The molecule has 0 bridgehead atoms. The first-order valence-corrected chi connectivity index (χ1v) is 13.4. The smallest absolute Gasteiger partial charge is 0.259 e. The third-order valence-corrected chi connectivity index (χ3v) is 6.65. The van der Waals surface area contributed by atoms with Crippen LogP contribution in [0.2, 0.25) is 5.02 Å². The molecule has 0 atom stereocenters. The fourth-order valence-electron chi connectivity index (χ4n) is 4.42. The number of fused-ring (bicyclic) bond motifs is 2. The molecule has 5 N–H and O–H groups in total. The van der Waals surface area contributed by atoms with Crippen molar-refractivity contribution in [1.29, 1.82) is 0 Å². The summed E-state index contributed by atoms with van der Waals surface area (Å²) in [4.78, 5) is 26.4. The Morgan fingerprint density at radius 3 is 1.81 bits per heavy atom. The summed E-state index contributed by atoms with van der Waals surface area (Å²) in [7, 11) is 0. The molecule has 5 aromatic carbocycles. The van der Waals surface area contributed by atoms with Crippen LogP contribution in [0.3, 0.4) is 0 Å². The predicted octanol–water partition coefficient (Wildman–Crippen LogP) is 6.17. The number of halogens is 2. The van der Waals surface area contributed by atoms with Crippen molar-refractivity contribution in [2.75, 3.05) is 31.6 Å². The minimum absolute atomic E-state index is 0. The number of amides is 2. The number of rotatable bonds is 10. The Hall–Kier alpha value is -4.50. The summed E-state index contributed by atoms with van der Waals surface area (Å²) in [6.07, 6.45) is 0. The van der Waals surface area contributed by atoms with Gasteiger partial charge in [0.25, 0.3) is 11.8 Å². The SMILES string of the molecule is Cl.NCCOc1cc2ccccc2cc1C(=O)NCCOc1cc2ccccc2cc1C(=O)Nc1ccc(Cl)cc1O. The van der Waals surface area contributed by atoms with Crippen LogP contribution in [-0.2, 0) is 0 Å². The molecule has 10 heteroatoms. The van der Waals surface area contributed by atoms with Crippen molar-refractivity contribution in [3.05, 3.63) is 107 Å². The van der Waals surface area contributed by atoms with Crippen molar-refractivity contribution < 1.29 is 24.2 Å². The number of hydrogen-bond acceptors (Lipinski definition) is 6. The molecule has 0 saturated carbocycles. The second kappa shape index (κ2) is 13.9. The summed E-state index contributed by atoms with van der Waals surface area (Å²) in [5, 5.41) is 19.7. The highest BCUT2D eigenvalue weighted by molar-refractivity contribution is 6.30. The van der Waals surface area contributed by atoms with Gasteiger partial charge in [0, 0.05) is 17.6 Å². The van der Waals surface area contributed by atoms with E-state index in [-0.39, 0.29) is 55.1 Å².